The molecule has 1 fully saturated rings. The first-order chi connectivity index (χ1) is 10.2. The summed E-state index contributed by atoms with van der Waals surface area (Å²) < 4.78 is 0. The fraction of sp³-hybridized carbons (Fsp3) is 0.579. The zero-order valence-corrected chi connectivity index (χ0v) is 13.5. The summed E-state index contributed by atoms with van der Waals surface area (Å²) in [7, 11) is 0. The van der Waals surface area contributed by atoms with Crippen molar-refractivity contribution in [2.75, 3.05) is 13.1 Å². The molecule has 0 amide bonds. The minimum atomic E-state index is 0.226. The van der Waals surface area contributed by atoms with Crippen molar-refractivity contribution in [3.8, 4) is 12.3 Å². The highest BCUT2D eigenvalue weighted by atomic mass is 15.3. The minimum absolute atomic E-state index is 0.226. The second kappa shape index (κ2) is 7.64. The van der Waals surface area contributed by atoms with Gasteiger partial charge >= 0.3 is 0 Å². The van der Waals surface area contributed by atoms with Crippen LogP contribution in [0.25, 0.3) is 0 Å². The lowest BCUT2D eigenvalue weighted by atomic mass is 9.92. The summed E-state index contributed by atoms with van der Waals surface area (Å²) in [6.07, 6.45) is 8.01. The van der Waals surface area contributed by atoms with Gasteiger partial charge in [-0.25, -0.2) is 0 Å². The molecule has 1 aromatic carbocycles. The van der Waals surface area contributed by atoms with E-state index in [0.717, 1.165) is 19.5 Å². The second-order valence-corrected chi connectivity index (χ2v) is 6.11. The predicted octanol–water partition coefficient (Wildman–Crippen LogP) is 3.46. The first-order valence-electron chi connectivity index (χ1n) is 8.21. The third-order valence-corrected chi connectivity index (χ3v) is 4.88. The highest BCUT2D eigenvalue weighted by Crippen LogP contribution is 2.28. The van der Waals surface area contributed by atoms with Crippen molar-refractivity contribution in [3.63, 3.8) is 0 Å². The van der Waals surface area contributed by atoms with Crippen LogP contribution in [0.1, 0.15) is 45.2 Å². The average Bonchev–Trinajstić information content (AvgIpc) is 2.56. The molecule has 0 radical (unpaired) electrons. The summed E-state index contributed by atoms with van der Waals surface area (Å²) in [4.78, 5) is 2.53. The van der Waals surface area contributed by atoms with Crippen molar-refractivity contribution in [3.05, 3.63) is 35.9 Å². The van der Waals surface area contributed by atoms with Gasteiger partial charge in [-0.05, 0) is 17.9 Å². The Bertz CT molecular complexity index is 462. The van der Waals surface area contributed by atoms with Crippen LogP contribution >= 0.6 is 0 Å². The Kier molecular flexibility index (Phi) is 5.85. The molecule has 1 aliphatic heterocycles. The van der Waals surface area contributed by atoms with E-state index in [9.17, 15) is 0 Å². The molecule has 0 bridgehead atoms. The standard InChI is InChI=1S/C19H28N2/c1-5-15(4)18-14-21(17(6-2)7-3)19(13-20-18)16-11-9-8-10-12-16/h2,8-12,15,17-20H,5,7,13-14H2,1,3-4H3. The number of benzene rings is 1. The van der Waals surface area contributed by atoms with Crippen LogP contribution in [0.4, 0.5) is 0 Å². The Morgan fingerprint density at radius 1 is 1.29 bits per heavy atom. The second-order valence-electron chi connectivity index (χ2n) is 6.11. The van der Waals surface area contributed by atoms with Gasteiger partial charge in [0.2, 0.25) is 0 Å². The smallest absolute Gasteiger partial charge is 0.0715 e. The van der Waals surface area contributed by atoms with Crippen molar-refractivity contribution >= 4 is 0 Å². The maximum atomic E-state index is 5.80. The maximum absolute atomic E-state index is 5.80. The Labute approximate surface area is 129 Å². The maximum Gasteiger partial charge on any atom is 0.0715 e. The summed E-state index contributed by atoms with van der Waals surface area (Å²) in [6, 6.07) is 11.9. The van der Waals surface area contributed by atoms with Crippen LogP contribution in [0.2, 0.25) is 0 Å². The molecular formula is C19H28N2. The highest BCUT2D eigenvalue weighted by Gasteiger charge is 2.33. The van der Waals surface area contributed by atoms with Gasteiger partial charge < -0.3 is 5.32 Å². The quantitative estimate of drug-likeness (QED) is 0.833. The summed E-state index contributed by atoms with van der Waals surface area (Å²) >= 11 is 0. The lowest BCUT2D eigenvalue weighted by Crippen LogP contribution is -2.57. The molecule has 1 N–H and O–H groups in total. The van der Waals surface area contributed by atoms with Crippen LogP contribution in [0.15, 0.2) is 30.3 Å². The summed E-state index contributed by atoms with van der Waals surface area (Å²) in [5.41, 5.74) is 1.36. The molecule has 2 heteroatoms. The van der Waals surface area contributed by atoms with E-state index in [2.05, 4.69) is 67.2 Å². The van der Waals surface area contributed by atoms with Crippen molar-refractivity contribution in [2.45, 2.75) is 51.7 Å². The molecule has 2 rings (SSSR count). The fourth-order valence-corrected chi connectivity index (χ4v) is 3.24. The first kappa shape index (κ1) is 16.1. The Hall–Kier alpha value is -1.30. The van der Waals surface area contributed by atoms with Crippen LogP contribution in [-0.2, 0) is 0 Å². The number of rotatable bonds is 5. The van der Waals surface area contributed by atoms with Crippen LogP contribution in [0, 0.1) is 18.3 Å². The average molecular weight is 284 g/mol. The van der Waals surface area contributed by atoms with Gasteiger partial charge in [-0.2, -0.15) is 0 Å². The van der Waals surface area contributed by atoms with E-state index in [1.807, 2.05) is 0 Å². The SMILES string of the molecule is C#CC(CC)N1CC(C(C)CC)NCC1c1ccccc1. The van der Waals surface area contributed by atoms with E-state index in [1.165, 1.54) is 12.0 Å². The fourth-order valence-electron chi connectivity index (χ4n) is 3.24. The normalized spacial score (nSPS) is 26.0. The van der Waals surface area contributed by atoms with Gasteiger partial charge in [0.15, 0.2) is 0 Å². The van der Waals surface area contributed by atoms with Crippen LogP contribution < -0.4 is 5.32 Å². The Morgan fingerprint density at radius 3 is 2.57 bits per heavy atom. The molecule has 1 aromatic rings. The molecule has 2 nitrogen and oxygen atoms in total. The molecule has 1 aliphatic rings. The van der Waals surface area contributed by atoms with Gasteiger partial charge in [-0.3, -0.25) is 4.90 Å². The number of hydrogen-bond acceptors (Lipinski definition) is 2. The predicted molar refractivity (Wildman–Crippen MR) is 90.0 cm³/mol. The first-order valence-corrected chi connectivity index (χ1v) is 8.21. The van der Waals surface area contributed by atoms with E-state index in [-0.39, 0.29) is 6.04 Å². The lowest BCUT2D eigenvalue weighted by molar-refractivity contribution is 0.0854. The third-order valence-electron chi connectivity index (χ3n) is 4.88. The largest absolute Gasteiger partial charge is 0.311 e. The molecule has 4 atom stereocenters. The summed E-state index contributed by atoms with van der Waals surface area (Å²) in [5.74, 6) is 3.68. The zero-order valence-electron chi connectivity index (χ0n) is 13.5. The molecule has 1 heterocycles. The van der Waals surface area contributed by atoms with E-state index < -0.39 is 0 Å². The van der Waals surface area contributed by atoms with E-state index >= 15 is 0 Å². The molecule has 114 valence electrons. The van der Waals surface area contributed by atoms with Gasteiger partial charge in [-0.15, -0.1) is 6.42 Å². The molecule has 4 unspecified atom stereocenters. The molecule has 0 aliphatic carbocycles. The number of piperazine rings is 1. The summed E-state index contributed by atoms with van der Waals surface area (Å²) in [6.45, 7) is 8.80. The topological polar surface area (TPSA) is 15.3 Å². The van der Waals surface area contributed by atoms with Crippen molar-refractivity contribution in [1.82, 2.24) is 10.2 Å². The lowest BCUT2D eigenvalue weighted by Gasteiger charge is -2.45. The van der Waals surface area contributed by atoms with Crippen LogP contribution in [-0.4, -0.2) is 30.1 Å². The van der Waals surface area contributed by atoms with Gasteiger partial charge in [-0.1, -0.05) is 63.4 Å². The van der Waals surface area contributed by atoms with E-state index in [4.69, 9.17) is 6.42 Å². The van der Waals surface area contributed by atoms with E-state index in [0.29, 0.717) is 18.0 Å². The minimum Gasteiger partial charge on any atom is -0.311 e. The van der Waals surface area contributed by atoms with Gasteiger partial charge in [0.1, 0.15) is 0 Å². The van der Waals surface area contributed by atoms with Crippen LogP contribution in [0.5, 0.6) is 0 Å². The number of nitrogens with one attached hydrogen (secondary N) is 1. The molecular weight excluding hydrogens is 256 g/mol. The molecule has 0 spiro atoms. The molecule has 21 heavy (non-hydrogen) atoms. The number of nitrogens with zero attached hydrogens (tertiary/aromatic N) is 1. The molecule has 1 saturated heterocycles. The summed E-state index contributed by atoms with van der Waals surface area (Å²) in [5, 5.41) is 3.74. The number of hydrogen-bond donors (Lipinski definition) is 1. The van der Waals surface area contributed by atoms with Crippen molar-refractivity contribution in [2.24, 2.45) is 5.92 Å². The zero-order chi connectivity index (χ0) is 15.2. The highest BCUT2D eigenvalue weighted by molar-refractivity contribution is 5.22. The van der Waals surface area contributed by atoms with Gasteiger partial charge in [0.05, 0.1) is 6.04 Å². The Morgan fingerprint density at radius 2 is 2.00 bits per heavy atom. The van der Waals surface area contributed by atoms with Gasteiger partial charge in [0, 0.05) is 25.2 Å². The van der Waals surface area contributed by atoms with Crippen molar-refractivity contribution < 1.29 is 0 Å². The Balaban J connectivity index is 2.22. The third kappa shape index (κ3) is 3.67. The number of terminal acetylenes is 1. The van der Waals surface area contributed by atoms with Crippen LogP contribution in [0.3, 0.4) is 0 Å². The molecule has 0 aromatic heterocycles. The van der Waals surface area contributed by atoms with E-state index in [1.54, 1.807) is 0 Å². The van der Waals surface area contributed by atoms with Gasteiger partial charge in [0.25, 0.3) is 0 Å². The van der Waals surface area contributed by atoms with Crippen molar-refractivity contribution in [1.29, 1.82) is 0 Å². The monoisotopic (exact) mass is 284 g/mol. The molecule has 0 saturated carbocycles.